The third-order valence-electron chi connectivity index (χ3n) is 4.21. The second-order valence-electron chi connectivity index (χ2n) is 6.13. The highest BCUT2D eigenvalue weighted by Gasteiger charge is 2.16. The van der Waals surface area contributed by atoms with Gasteiger partial charge >= 0.3 is 5.97 Å². The van der Waals surface area contributed by atoms with E-state index in [4.69, 9.17) is 13.6 Å². The van der Waals surface area contributed by atoms with Crippen LogP contribution in [0.3, 0.4) is 0 Å². The molecule has 0 aliphatic rings. The van der Waals surface area contributed by atoms with Gasteiger partial charge in [0, 0.05) is 11.6 Å². The molecule has 9 nitrogen and oxygen atoms in total. The molecule has 9 heteroatoms. The fraction of sp³-hybridized carbons (Fsp3) is 0.150. The van der Waals surface area contributed by atoms with Gasteiger partial charge in [-0.25, -0.2) is 4.79 Å². The lowest BCUT2D eigenvalue weighted by molar-refractivity contribution is 0.0562. The van der Waals surface area contributed by atoms with Crippen LogP contribution in [0.5, 0.6) is 5.75 Å². The summed E-state index contributed by atoms with van der Waals surface area (Å²) in [6.45, 7) is 0.286. The summed E-state index contributed by atoms with van der Waals surface area (Å²) in [6, 6.07) is 10.3. The molecule has 0 radical (unpaired) electrons. The van der Waals surface area contributed by atoms with Crippen molar-refractivity contribution < 1.29 is 27.9 Å². The molecule has 4 aromatic rings. The highest BCUT2D eigenvalue weighted by Crippen LogP contribution is 2.28. The Morgan fingerprint density at radius 2 is 2.00 bits per heavy atom. The van der Waals surface area contributed by atoms with Crippen LogP contribution in [-0.4, -0.2) is 35.9 Å². The maximum absolute atomic E-state index is 12.5. The van der Waals surface area contributed by atoms with E-state index in [2.05, 4.69) is 15.2 Å². The average Bonchev–Trinajstić information content (AvgIpc) is 3.46. The van der Waals surface area contributed by atoms with E-state index in [1.54, 1.807) is 36.2 Å². The van der Waals surface area contributed by atoms with Gasteiger partial charge in [0.15, 0.2) is 17.1 Å². The van der Waals surface area contributed by atoms with Gasteiger partial charge in [0.1, 0.15) is 5.76 Å². The van der Waals surface area contributed by atoms with E-state index < -0.39 is 11.9 Å². The number of carbonyl (C=O) groups excluding carboxylic acids is 2. The SMILES string of the molecule is COC(=O)c1ccc(Cn2cc(NC(=O)c3cc4cccc(OC)c4o3)cn2)o1. The highest BCUT2D eigenvalue weighted by atomic mass is 16.5. The minimum atomic E-state index is -0.549. The Bertz CT molecular complexity index is 1190. The van der Waals surface area contributed by atoms with Gasteiger partial charge in [0.2, 0.25) is 5.76 Å². The van der Waals surface area contributed by atoms with E-state index in [1.807, 2.05) is 12.1 Å². The molecule has 4 rings (SSSR count). The van der Waals surface area contributed by atoms with Gasteiger partial charge in [0.05, 0.1) is 32.6 Å². The van der Waals surface area contributed by atoms with Crippen LogP contribution in [0.4, 0.5) is 5.69 Å². The van der Waals surface area contributed by atoms with Crippen LogP contribution in [0.1, 0.15) is 26.9 Å². The Morgan fingerprint density at radius 3 is 2.79 bits per heavy atom. The van der Waals surface area contributed by atoms with Crippen molar-refractivity contribution in [3.8, 4) is 5.75 Å². The molecular formula is C20H17N3O6. The predicted octanol–water partition coefficient (Wildman–Crippen LogP) is 3.32. The Labute approximate surface area is 164 Å². The molecule has 0 aliphatic heterocycles. The zero-order valence-corrected chi connectivity index (χ0v) is 15.7. The number of esters is 1. The van der Waals surface area contributed by atoms with Gasteiger partial charge in [-0.05, 0) is 24.3 Å². The first kappa shape index (κ1) is 18.4. The van der Waals surface area contributed by atoms with Gasteiger partial charge in [-0.2, -0.15) is 5.10 Å². The van der Waals surface area contributed by atoms with Crippen LogP contribution >= 0.6 is 0 Å². The van der Waals surface area contributed by atoms with Crippen LogP contribution in [0, 0.1) is 0 Å². The lowest BCUT2D eigenvalue weighted by Crippen LogP contribution is -2.10. The molecule has 0 spiro atoms. The summed E-state index contributed by atoms with van der Waals surface area (Å²) in [6.07, 6.45) is 3.15. The summed E-state index contributed by atoms with van der Waals surface area (Å²) in [5.41, 5.74) is 0.997. The lowest BCUT2D eigenvalue weighted by Gasteiger charge is -2.00. The minimum absolute atomic E-state index is 0.114. The summed E-state index contributed by atoms with van der Waals surface area (Å²) in [4.78, 5) is 24.0. The zero-order valence-electron chi connectivity index (χ0n) is 15.7. The zero-order chi connectivity index (χ0) is 20.4. The molecule has 0 saturated heterocycles. The van der Waals surface area contributed by atoms with Crippen molar-refractivity contribution in [3.63, 3.8) is 0 Å². The first-order valence-electron chi connectivity index (χ1n) is 8.65. The number of benzene rings is 1. The van der Waals surface area contributed by atoms with Crippen LogP contribution in [0.15, 0.2) is 57.6 Å². The number of hydrogen-bond acceptors (Lipinski definition) is 7. The van der Waals surface area contributed by atoms with Crippen LogP contribution < -0.4 is 10.1 Å². The molecule has 3 aromatic heterocycles. The van der Waals surface area contributed by atoms with Crippen molar-refractivity contribution in [2.45, 2.75) is 6.54 Å². The number of furan rings is 2. The average molecular weight is 395 g/mol. The third-order valence-corrected chi connectivity index (χ3v) is 4.21. The van der Waals surface area contributed by atoms with Crippen molar-refractivity contribution >= 4 is 28.5 Å². The molecule has 1 N–H and O–H groups in total. The Kier molecular flexibility index (Phi) is 4.78. The Morgan fingerprint density at radius 1 is 1.14 bits per heavy atom. The quantitative estimate of drug-likeness (QED) is 0.499. The normalized spacial score (nSPS) is 10.8. The van der Waals surface area contributed by atoms with E-state index in [-0.39, 0.29) is 18.1 Å². The summed E-state index contributed by atoms with van der Waals surface area (Å²) >= 11 is 0. The number of anilines is 1. The van der Waals surface area contributed by atoms with Crippen LogP contribution in [-0.2, 0) is 11.3 Å². The van der Waals surface area contributed by atoms with E-state index >= 15 is 0 Å². The standard InChI is InChI=1S/C20H17N3O6/c1-26-15-5-3-4-12-8-17(29-18(12)15)19(24)22-13-9-21-23(10-13)11-14-6-7-16(28-14)20(25)27-2/h3-10H,11H2,1-2H3,(H,22,24). The van der Waals surface area contributed by atoms with Gasteiger partial charge in [-0.3, -0.25) is 9.48 Å². The number of rotatable bonds is 6. The van der Waals surface area contributed by atoms with E-state index in [0.29, 0.717) is 22.8 Å². The molecule has 0 bridgehead atoms. The molecule has 0 aliphatic carbocycles. The van der Waals surface area contributed by atoms with Gasteiger partial charge in [-0.1, -0.05) is 12.1 Å². The highest BCUT2D eigenvalue weighted by molar-refractivity contribution is 6.05. The molecule has 29 heavy (non-hydrogen) atoms. The number of carbonyl (C=O) groups is 2. The molecule has 0 unspecified atom stereocenters. The predicted molar refractivity (Wildman–Crippen MR) is 102 cm³/mol. The number of ether oxygens (including phenoxy) is 2. The maximum Gasteiger partial charge on any atom is 0.373 e. The Balaban J connectivity index is 1.45. The number of para-hydroxylation sites is 1. The minimum Gasteiger partial charge on any atom is -0.493 e. The van der Waals surface area contributed by atoms with Gasteiger partial charge < -0.3 is 23.6 Å². The topological polar surface area (TPSA) is 109 Å². The second-order valence-corrected chi connectivity index (χ2v) is 6.13. The number of nitrogens with zero attached hydrogens (tertiary/aromatic N) is 2. The molecular weight excluding hydrogens is 378 g/mol. The van der Waals surface area contributed by atoms with Crippen molar-refractivity contribution in [2.24, 2.45) is 0 Å². The van der Waals surface area contributed by atoms with Gasteiger partial charge in [0.25, 0.3) is 5.91 Å². The number of nitrogens with one attached hydrogen (secondary N) is 1. The van der Waals surface area contributed by atoms with Crippen molar-refractivity contribution in [2.75, 3.05) is 19.5 Å². The molecule has 3 heterocycles. The number of methoxy groups -OCH3 is 2. The summed E-state index contributed by atoms with van der Waals surface area (Å²) in [5.74, 6) is 0.394. The monoisotopic (exact) mass is 395 g/mol. The third kappa shape index (κ3) is 3.70. The fourth-order valence-corrected chi connectivity index (χ4v) is 2.85. The van der Waals surface area contributed by atoms with Crippen LogP contribution in [0.2, 0.25) is 0 Å². The van der Waals surface area contributed by atoms with Gasteiger partial charge in [-0.15, -0.1) is 0 Å². The fourth-order valence-electron chi connectivity index (χ4n) is 2.85. The molecule has 1 amide bonds. The number of amides is 1. The largest absolute Gasteiger partial charge is 0.493 e. The maximum atomic E-state index is 12.5. The van der Waals surface area contributed by atoms with E-state index in [0.717, 1.165) is 5.39 Å². The smallest absolute Gasteiger partial charge is 0.373 e. The number of aromatic nitrogens is 2. The molecule has 0 fully saturated rings. The lowest BCUT2D eigenvalue weighted by atomic mass is 10.2. The summed E-state index contributed by atoms with van der Waals surface area (Å²) in [5, 5.41) is 7.68. The molecule has 1 aromatic carbocycles. The summed E-state index contributed by atoms with van der Waals surface area (Å²) < 4.78 is 22.5. The van der Waals surface area contributed by atoms with Crippen molar-refractivity contribution in [1.29, 1.82) is 0 Å². The first-order valence-corrected chi connectivity index (χ1v) is 8.65. The molecule has 148 valence electrons. The second kappa shape index (κ2) is 7.55. The Hall–Kier alpha value is -4.01. The molecule has 0 saturated carbocycles. The summed E-state index contributed by atoms with van der Waals surface area (Å²) in [7, 11) is 2.82. The van der Waals surface area contributed by atoms with Crippen LogP contribution in [0.25, 0.3) is 11.0 Å². The molecule has 0 atom stereocenters. The van der Waals surface area contributed by atoms with E-state index in [1.165, 1.54) is 19.4 Å². The number of fused-ring (bicyclic) bond motifs is 1. The number of hydrogen-bond donors (Lipinski definition) is 1. The van der Waals surface area contributed by atoms with Crippen molar-refractivity contribution in [3.05, 3.63) is 66.1 Å². The van der Waals surface area contributed by atoms with Crippen molar-refractivity contribution in [1.82, 2.24) is 9.78 Å². The first-order chi connectivity index (χ1) is 14.1. The van der Waals surface area contributed by atoms with E-state index in [9.17, 15) is 9.59 Å².